The van der Waals surface area contributed by atoms with Gasteiger partial charge in [-0.2, -0.15) is 0 Å². The standard InChI is InChI=1S/C10H12ClN3/c11-9-2-1-7-5-8-6-12-3-4-14(8)10(7)13-9/h1-2,8,12H,3-6H2/t8-/m0/s1. The van der Waals surface area contributed by atoms with Crippen LogP contribution in [0.2, 0.25) is 5.15 Å². The van der Waals surface area contributed by atoms with E-state index in [1.807, 2.05) is 6.07 Å². The highest BCUT2D eigenvalue weighted by Crippen LogP contribution is 2.31. The van der Waals surface area contributed by atoms with Crippen molar-refractivity contribution in [2.75, 3.05) is 24.5 Å². The monoisotopic (exact) mass is 209 g/mol. The molecule has 74 valence electrons. The summed E-state index contributed by atoms with van der Waals surface area (Å²) in [5.41, 5.74) is 1.34. The SMILES string of the molecule is Clc1ccc2c(n1)N1CCNC[C@@H]1C2. The van der Waals surface area contributed by atoms with E-state index < -0.39 is 0 Å². The summed E-state index contributed by atoms with van der Waals surface area (Å²) in [5, 5.41) is 4.00. The van der Waals surface area contributed by atoms with Gasteiger partial charge in [0.15, 0.2) is 0 Å². The Morgan fingerprint density at radius 2 is 2.43 bits per heavy atom. The number of pyridine rings is 1. The summed E-state index contributed by atoms with van der Waals surface area (Å²) in [7, 11) is 0. The van der Waals surface area contributed by atoms with Gasteiger partial charge >= 0.3 is 0 Å². The summed E-state index contributed by atoms with van der Waals surface area (Å²) in [4.78, 5) is 6.77. The molecule has 0 bridgehead atoms. The van der Waals surface area contributed by atoms with E-state index in [0.29, 0.717) is 11.2 Å². The van der Waals surface area contributed by atoms with Gasteiger partial charge < -0.3 is 10.2 Å². The van der Waals surface area contributed by atoms with Crippen molar-refractivity contribution in [3.8, 4) is 0 Å². The largest absolute Gasteiger partial charge is 0.350 e. The van der Waals surface area contributed by atoms with E-state index in [4.69, 9.17) is 11.6 Å². The third-order valence-electron chi connectivity index (χ3n) is 3.00. The average Bonchev–Trinajstić information content (AvgIpc) is 2.56. The maximum absolute atomic E-state index is 5.90. The fraction of sp³-hybridized carbons (Fsp3) is 0.500. The Morgan fingerprint density at radius 1 is 1.50 bits per heavy atom. The highest BCUT2D eigenvalue weighted by Gasteiger charge is 2.32. The molecule has 2 aliphatic heterocycles. The van der Waals surface area contributed by atoms with Gasteiger partial charge in [-0.15, -0.1) is 0 Å². The van der Waals surface area contributed by atoms with Gasteiger partial charge in [-0.05, 0) is 18.1 Å². The minimum Gasteiger partial charge on any atom is -0.350 e. The predicted molar refractivity (Wildman–Crippen MR) is 57.0 cm³/mol. The number of anilines is 1. The molecule has 0 aliphatic carbocycles. The van der Waals surface area contributed by atoms with E-state index in [0.717, 1.165) is 31.9 Å². The van der Waals surface area contributed by atoms with Crippen LogP contribution in [0.4, 0.5) is 5.82 Å². The molecule has 1 saturated heterocycles. The van der Waals surface area contributed by atoms with Crippen LogP contribution in [-0.2, 0) is 6.42 Å². The molecule has 0 saturated carbocycles. The molecule has 3 nitrogen and oxygen atoms in total. The molecule has 1 atom stereocenters. The van der Waals surface area contributed by atoms with Crippen molar-refractivity contribution < 1.29 is 0 Å². The first-order valence-electron chi connectivity index (χ1n) is 4.97. The number of halogens is 1. The summed E-state index contributed by atoms with van der Waals surface area (Å²) in [6.45, 7) is 3.16. The number of fused-ring (bicyclic) bond motifs is 3. The quantitative estimate of drug-likeness (QED) is 0.648. The van der Waals surface area contributed by atoms with Gasteiger partial charge in [0.05, 0.1) is 0 Å². The van der Waals surface area contributed by atoms with Crippen LogP contribution in [0.25, 0.3) is 0 Å². The summed E-state index contributed by atoms with van der Waals surface area (Å²) >= 11 is 5.90. The topological polar surface area (TPSA) is 28.2 Å². The molecule has 1 aromatic heterocycles. The summed E-state index contributed by atoms with van der Waals surface area (Å²) < 4.78 is 0. The summed E-state index contributed by atoms with van der Waals surface area (Å²) in [6, 6.07) is 4.57. The first-order valence-corrected chi connectivity index (χ1v) is 5.35. The molecule has 4 heteroatoms. The lowest BCUT2D eigenvalue weighted by Crippen LogP contribution is -2.49. The Kier molecular flexibility index (Phi) is 1.89. The van der Waals surface area contributed by atoms with Crippen LogP contribution in [0.1, 0.15) is 5.56 Å². The summed E-state index contributed by atoms with van der Waals surface area (Å²) in [5.74, 6) is 1.10. The van der Waals surface area contributed by atoms with Gasteiger partial charge in [0.2, 0.25) is 0 Å². The van der Waals surface area contributed by atoms with Crippen molar-refractivity contribution in [1.82, 2.24) is 10.3 Å². The number of aromatic nitrogens is 1. The van der Waals surface area contributed by atoms with E-state index in [9.17, 15) is 0 Å². The Bertz CT molecular complexity index is 366. The molecular formula is C10H12ClN3. The zero-order chi connectivity index (χ0) is 9.54. The molecular weight excluding hydrogens is 198 g/mol. The molecule has 0 aromatic carbocycles. The Morgan fingerprint density at radius 3 is 3.36 bits per heavy atom. The first kappa shape index (κ1) is 8.50. The molecule has 0 unspecified atom stereocenters. The number of hydrogen-bond acceptors (Lipinski definition) is 3. The van der Waals surface area contributed by atoms with Crippen LogP contribution >= 0.6 is 11.6 Å². The fourth-order valence-corrected chi connectivity index (χ4v) is 2.48. The molecule has 0 spiro atoms. The van der Waals surface area contributed by atoms with Gasteiger partial charge in [0.25, 0.3) is 0 Å². The maximum atomic E-state index is 5.90. The fourth-order valence-electron chi connectivity index (χ4n) is 2.34. The minimum atomic E-state index is 0.588. The van der Waals surface area contributed by atoms with Crippen molar-refractivity contribution in [3.63, 3.8) is 0 Å². The van der Waals surface area contributed by atoms with Crippen molar-refractivity contribution >= 4 is 17.4 Å². The van der Waals surface area contributed by atoms with Gasteiger partial charge in [-0.1, -0.05) is 17.7 Å². The second-order valence-electron chi connectivity index (χ2n) is 3.87. The zero-order valence-corrected chi connectivity index (χ0v) is 8.59. The maximum Gasteiger partial charge on any atom is 0.133 e. The van der Waals surface area contributed by atoms with E-state index >= 15 is 0 Å². The molecule has 14 heavy (non-hydrogen) atoms. The van der Waals surface area contributed by atoms with Gasteiger partial charge in [0.1, 0.15) is 11.0 Å². The van der Waals surface area contributed by atoms with Crippen LogP contribution in [0.3, 0.4) is 0 Å². The van der Waals surface area contributed by atoms with Gasteiger partial charge in [0, 0.05) is 25.7 Å². The van der Waals surface area contributed by atoms with Crippen molar-refractivity contribution in [1.29, 1.82) is 0 Å². The van der Waals surface area contributed by atoms with Gasteiger partial charge in [-0.25, -0.2) is 4.98 Å². The highest BCUT2D eigenvalue weighted by atomic mass is 35.5. The van der Waals surface area contributed by atoms with Crippen molar-refractivity contribution in [3.05, 3.63) is 22.8 Å². The lowest BCUT2D eigenvalue weighted by Gasteiger charge is -2.31. The average molecular weight is 210 g/mol. The molecule has 0 radical (unpaired) electrons. The molecule has 3 heterocycles. The number of rotatable bonds is 0. The highest BCUT2D eigenvalue weighted by molar-refractivity contribution is 6.29. The Hall–Kier alpha value is -0.800. The van der Waals surface area contributed by atoms with E-state index in [1.54, 1.807) is 0 Å². The second-order valence-corrected chi connectivity index (χ2v) is 4.26. The second kappa shape index (κ2) is 3.11. The number of nitrogens with zero attached hydrogens (tertiary/aromatic N) is 2. The smallest absolute Gasteiger partial charge is 0.133 e. The lowest BCUT2D eigenvalue weighted by molar-refractivity contribution is 0.493. The number of piperazine rings is 1. The normalized spacial score (nSPS) is 24.6. The van der Waals surface area contributed by atoms with E-state index in [1.165, 1.54) is 5.56 Å². The zero-order valence-electron chi connectivity index (χ0n) is 7.83. The first-order chi connectivity index (χ1) is 6.84. The minimum absolute atomic E-state index is 0.588. The predicted octanol–water partition coefficient (Wildman–Crippen LogP) is 1.07. The Labute approximate surface area is 88.1 Å². The van der Waals surface area contributed by atoms with Gasteiger partial charge in [-0.3, -0.25) is 0 Å². The third-order valence-corrected chi connectivity index (χ3v) is 3.21. The molecule has 2 aliphatic rings. The summed E-state index contributed by atoms with van der Waals surface area (Å²) in [6.07, 6.45) is 1.10. The van der Waals surface area contributed by atoms with Crippen LogP contribution in [0.5, 0.6) is 0 Å². The molecule has 1 N–H and O–H groups in total. The van der Waals surface area contributed by atoms with E-state index in [-0.39, 0.29) is 0 Å². The van der Waals surface area contributed by atoms with Crippen LogP contribution in [-0.4, -0.2) is 30.7 Å². The van der Waals surface area contributed by atoms with E-state index in [2.05, 4.69) is 21.3 Å². The van der Waals surface area contributed by atoms with Crippen LogP contribution in [0, 0.1) is 0 Å². The third kappa shape index (κ3) is 1.20. The number of hydrogen-bond donors (Lipinski definition) is 1. The Balaban J connectivity index is 2.02. The van der Waals surface area contributed by atoms with Crippen molar-refractivity contribution in [2.45, 2.75) is 12.5 Å². The number of nitrogens with one attached hydrogen (secondary N) is 1. The van der Waals surface area contributed by atoms with Crippen molar-refractivity contribution in [2.24, 2.45) is 0 Å². The molecule has 3 rings (SSSR count). The molecule has 1 fully saturated rings. The molecule has 0 amide bonds. The van der Waals surface area contributed by atoms with Crippen LogP contribution < -0.4 is 10.2 Å². The van der Waals surface area contributed by atoms with Crippen LogP contribution in [0.15, 0.2) is 12.1 Å². The lowest BCUT2D eigenvalue weighted by atomic mass is 10.1. The molecule has 1 aromatic rings.